The van der Waals surface area contributed by atoms with Crippen LogP contribution in [0.15, 0.2) is 52.5 Å². The van der Waals surface area contributed by atoms with Crippen LogP contribution in [0.5, 0.6) is 5.75 Å². The predicted molar refractivity (Wildman–Crippen MR) is 102 cm³/mol. The van der Waals surface area contributed by atoms with Gasteiger partial charge >= 0.3 is 0 Å². The molecule has 2 atom stereocenters. The molecule has 5 N–H and O–H groups in total. The van der Waals surface area contributed by atoms with Crippen LogP contribution in [0.3, 0.4) is 0 Å². The number of rotatable bonds is 5. The normalized spacial score (nSPS) is 18.1. The monoisotopic (exact) mass is 358 g/mol. The lowest BCUT2D eigenvalue weighted by Gasteiger charge is -2.27. The largest absolute Gasteiger partial charge is 0.497 e. The van der Waals surface area contributed by atoms with E-state index in [4.69, 9.17) is 21.4 Å². The first-order valence-corrected chi connectivity index (χ1v) is 8.81. The summed E-state index contributed by atoms with van der Waals surface area (Å²) in [6, 6.07) is 13.6. The van der Waals surface area contributed by atoms with Gasteiger partial charge in [-0.1, -0.05) is 35.1 Å². The Bertz CT molecular complexity index is 796. The van der Waals surface area contributed by atoms with Crippen molar-refractivity contribution < 1.29 is 9.94 Å². The molecule has 6 nitrogen and oxygen atoms in total. The molecule has 0 aliphatic carbocycles. The molecular weight excluding hydrogens is 336 g/mol. The van der Waals surface area contributed by atoms with E-state index in [1.54, 1.807) is 18.9 Å². The maximum absolute atomic E-state index is 8.83. The molecule has 0 aromatic heterocycles. The molecule has 1 aliphatic rings. The number of amidine groups is 1. The Kier molecular flexibility index (Phi) is 5.06. The van der Waals surface area contributed by atoms with E-state index >= 15 is 0 Å². The smallest absolute Gasteiger partial charge is 0.170 e. The van der Waals surface area contributed by atoms with Gasteiger partial charge < -0.3 is 26.3 Å². The minimum atomic E-state index is -0.0732. The number of nitrogens with two attached hydrogens (primary N) is 2. The van der Waals surface area contributed by atoms with E-state index in [1.165, 1.54) is 4.90 Å². The third kappa shape index (κ3) is 3.52. The lowest BCUT2D eigenvalue weighted by Crippen LogP contribution is -2.43. The molecule has 0 bridgehead atoms. The van der Waals surface area contributed by atoms with Gasteiger partial charge in [-0.15, -0.1) is 0 Å². The van der Waals surface area contributed by atoms with Crippen molar-refractivity contribution in [1.82, 2.24) is 0 Å². The first kappa shape index (κ1) is 17.4. The number of nitrogens with zero attached hydrogens (tertiary/aromatic N) is 2. The van der Waals surface area contributed by atoms with E-state index in [9.17, 15) is 0 Å². The van der Waals surface area contributed by atoms with Crippen LogP contribution >= 0.6 is 11.8 Å². The van der Waals surface area contributed by atoms with E-state index in [0.717, 1.165) is 17.0 Å². The van der Waals surface area contributed by atoms with Gasteiger partial charge in [0.05, 0.1) is 18.2 Å². The Morgan fingerprint density at radius 2 is 2.16 bits per heavy atom. The molecule has 2 aromatic rings. The number of methoxy groups -OCH3 is 1. The molecule has 2 aromatic carbocycles. The maximum atomic E-state index is 8.83. The summed E-state index contributed by atoms with van der Waals surface area (Å²) in [7, 11) is 3.73. The van der Waals surface area contributed by atoms with Gasteiger partial charge in [0.1, 0.15) is 5.75 Å². The Balaban J connectivity index is 1.75. The number of hydrogen-bond donors (Lipinski definition) is 3. The van der Waals surface area contributed by atoms with Crippen molar-refractivity contribution in [3.05, 3.63) is 53.6 Å². The van der Waals surface area contributed by atoms with Crippen molar-refractivity contribution in [2.75, 3.05) is 19.1 Å². The van der Waals surface area contributed by atoms with Crippen LogP contribution in [0.25, 0.3) is 0 Å². The minimum Gasteiger partial charge on any atom is -0.497 e. The molecule has 0 radical (unpaired) electrons. The van der Waals surface area contributed by atoms with Crippen LogP contribution in [0.4, 0.5) is 5.69 Å². The second-order valence-corrected chi connectivity index (χ2v) is 7.17. The van der Waals surface area contributed by atoms with Crippen molar-refractivity contribution in [2.45, 2.75) is 22.7 Å². The van der Waals surface area contributed by atoms with Crippen molar-refractivity contribution in [3.63, 3.8) is 0 Å². The molecule has 3 rings (SSSR count). The van der Waals surface area contributed by atoms with E-state index in [2.05, 4.69) is 23.2 Å². The van der Waals surface area contributed by atoms with E-state index in [-0.39, 0.29) is 17.3 Å². The Hall–Kier alpha value is -2.38. The molecule has 0 fully saturated rings. The summed E-state index contributed by atoms with van der Waals surface area (Å²) >= 11 is 1.75. The average molecular weight is 358 g/mol. The summed E-state index contributed by atoms with van der Waals surface area (Å²) in [5.74, 6) is 0.947. The molecule has 0 saturated heterocycles. The van der Waals surface area contributed by atoms with Gasteiger partial charge in [-0.2, -0.15) is 0 Å². The standard InChI is InChI=1S/C18H22N4O2S/c1-22-15-7-6-13(24-2)10-16(15)25-18(22)14(19)9-11-4-3-5-12(8-11)17(20)21-23/h3-8,10,14,18,23H,9,19H2,1-2H3,(H2,20,21). The van der Waals surface area contributed by atoms with Crippen molar-refractivity contribution in [2.24, 2.45) is 16.6 Å². The summed E-state index contributed by atoms with van der Waals surface area (Å²) in [6.45, 7) is 0. The van der Waals surface area contributed by atoms with E-state index in [0.29, 0.717) is 12.0 Å². The molecule has 0 spiro atoms. The van der Waals surface area contributed by atoms with Crippen LogP contribution < -0.4 is 21.1 Å². The molecule has 1 heterocycles. The molecule has 1 aliphatic heterocycles. The highest BCUT2D eigenvalue weighted by molar-refractivity contribution is 8.00. The summed E-state index contributed by atoms with van der Waals surface area (Å²) in [4.78, 5) is 3.38. The molecule has 132 valence electrons. The topological polar surface area (TPSA) is 97.1 Å². The Labute approximate surface area is 151 Å². The second-order valence-electron chi connectivity index (χ2n) is 6.01. The van der Waals surface area contributed by atoms with Crippen molar-refractivity contribution in [3.8, 4) is 5.75 Å². The molecule has 25 heavy (non-hydrogen) atoms. The fourth-order valence-corrected chi connectivity index (χ4v) is 4.34. The predicted octanol–water partition coefficient (Wildman–Crippen LogP) is 2.23. The molecule has 2 unspecified atom stereocenters. The highest BCUT2D eigenvalue weighted by atomic mass is 32.2. The summed E-state index contributed by atoms with van der Waals surface area (Å²) in [5, 5.41) is 12.0. The zero-order valence-corrected chi connectivity index (χ0v) is 15.0. The third-order valence-corrected chi connectivity index (χ3v) is 5.83. The van der Waals surface area contributed by atoms with E-state index in [1.807, 2.05) is 36.4 Å². The fraction of sp³-hybridized carbons (Fsp3) is 0.278. The number of oxime groups is 1. The fourth-order valence-electron chi connectivity index (χ4n) is 3.02. The highest BCUT2D eigenvalue weighted by Crippen LogP contribution is 2.45. The van der Waals surface area contributed by atoms with Crippen molar-refractivity contribution in [1.29, 1.82) is 0 Å². The van der Waals surface area contributed by atoms with Crippen LogP contribution in [0.1, 0.15) is 11.1 Å². The SMILES string of the molecule is COc1ccc2c(c1)SC(C(N)Cc1cccc(/C(N)=N\O)c1)N2C. The van der Waals surface area contributed by atoms with Crippen molar-refractivity contribution >= 4 is 23.3 Å². The van der Waals surface area contributed by atoms with Gasteiger partial charge in [-0.3, -0.25) is 0 Å². The van der Waals surface area contributed by atoms with Crippen LogP contribution in [0, 0.1) is 0 Å². The molecule has 0 saturated carbocycles. The number of ether oxygens (including phenoxy) is 1. The Morgan fingerprint density at radius 3 is 2.88 bits per heavy atom. The first-order chi connectivity index (χ1) is 12.0. The van der Waals surface area contributed by atoms with Gasteiger partial charge in [-0.05, 0) is 36.2 Å². The zero-order valence-electron chi connectivity index (χ0n) is 14.2. The molecule has 0 amide bonds. The quantitative estimate of drug-likeness (QED) is 0.328. The van der Waals surface area contributed by atoms with Gasteiger partial charge in [0.25, 0.3) is 0 Å². The zero-order chi connectivity index (χ0) is 18.0. The summed E-state index contributed by atoms with van der Waals surface area (Å²) < 4.78 is 5.31. The number of likely N-dealkylation sites (N-methyl/N-ethyl adjacent to an activating group) is 1. The minimum absolute atomic E-state index is 0.0732. The van der Waals surface area contributed by atoms with Crippen LogP contribution in [-0.2, 0) is 6.42 Å². The number of fused-ring (bicyclic) bond motifs is 1. The molecule has 7 heteroatoms. The van der Waals surface area contributed by atoms with E-state index < -0.39 is 0 Å². The van der Waals surface area contributed by atoms with Gasteiger partial charge in [0.15, 0.2) is 5.84 Å². The highest BCUT2D eigenvalue weighted by Gasteiger charge is 2.32. The van der Waals surface area contributed by atoms with Crippen LogP contribution in [0.2, 0.25) is 0 Å². The number of thioether (sulfide) groups is 1. The second kappa shape index (κ2) is 7.25. The van der Waals surface area contributed by atoms with Gasteiger partial charge in [0.2, 0.25) is 0 Å². The summed E-state index contributed by atoms with van der Waals surface area (Å²) in [6.07, 6.45) is 0.694. The van der Waals surface area contributed by atoms with Gasteiger partial charge in [0, 0.05) is 23.5 Å². The third-order valence-electron chi connectivity index (χ3n) is 4.34. The number of anilines is 1. The maximum Gasteiger partial charge on any atom is 0.170 e. The lowest BCUT2D eigenvalue weighted by molar-refractivity contribution is 0.318. The molecular formula is C18H22N4O2S. The first-order valence-electron chi connectivity index (χ1n) is 7.93. The summed E-state index contributed by atoms with van der Waals surface area (Å²) in [5.41, 5.74) is 15.1. The van der Waals surface area contributed by atoms with Gasteiger partial charge in [-0.25, -0.2) is 0 Å². The Morgan fingerprint density at radius 1 is 1.36 bits per heavy atom. The van der Waals surface area contributed by atoms with Crippen LogP contribution in [-0.4, -0.2) is 36.6 Å². The average Bonchev–Trinajstić information content (AvgIpc) is 2.97. The lowest BCUT2D eigenvalue weighted by atomic mass is 10.0. The number of hydrogen-bond acceptors (Lipinski definition) is 6. The number of benzene rings is 2.